The first kappa shape index (κ1) is 14.2. The van der Waals surface area contributed by atoms with Gasteiger partial charge in [0.1, 0.15) is 5.01 Å². The summed E-state index contributed by atoms with van der Waals surface area (Å²) in [5, 5.41) is 13.9. The lowest BCUT2D eigenvalue weighted by molar-refractivity contribution is -0.0911. The average Bonchev–Trinajstić information content (AvgIpc) is 2.93. The summed E-state index contributed by atoms with van der Waals surface area (Å²) >= 11 is 1.69. The highest BCUT2D eigenvalue weighted by Crippen LogP contribution is 2.30. The SMILES string of the molecule is CCCNc1nnc(CN2CCOC3CCCCC32)s1. The summed E-state index contributed by atoms with van der Waals surface area (Å²) < 4.78 is 5.92. The maximum Gasteiger partial charge on any atom is 0.205 e. The lowest BCUT2D eigenvalue weighted by atomic mass is 9.90. The van der Waals surface area contributed by atoms with Gasteiger partial charge in [-0.05, 0) is 19.3 Å². The fraction of sp³-hybridized carbons (Fsp3) is 0.857. The Balaban J connectivity index is 1.59. The summed E-state index contributed by atoms with van der Waals surface area (Å²) in [5.74, 6) is 0. The molecule has 2 atom stereocenters. The van der Waals surface area contributed by atoms with Crippen LogP contribution in [0.2, 0.25) is 0 Å². The van der Waals surface area contributed by atoms with Gasteiger partial charge in [0, 0.05) is 19.1 Å². The number of nitrogens with zero attached hydrogens (tertiary/aromatic N) is 3. The van der Waals surface area contributed by atoms with Gasteiger partial charge in [0.2, 0.25) is 5.13 Å². The highest BCUT2D eigenvalue weighted by atomic mass is 32.1. The molecule has 0 radical (unpaired) electrons. The van der Waals surface area contributed by atoms with Gasteiger partial charge in [-0.3, -0.25) is 4.90 Å². The van der Waals surface area contributed by atoms with Crippen LogP contribution in [0, 0.1) is 0 Å². The van der Waals surface area contributed by atoms with Gasteiger partial charge >= 0.3 is 0 Å². The Morgan fingerprint density at radius 3 is 3.15 bits per heavy atom. The molecule has 2 heterocycles. The van der Waals surface area contributed by atoms with E-state index in [0.29, 0.717) is 12.1 Å². The fourth-order valence-electron chi connectivity index (χ4n) is 3.17. The molecule has 0 spiro atoms. The van der Waals surface area contributed by atoms with Gasteiger partial charge < -0.3 is 10.1 Å². The van der Waals surface area contributed by atoms with E-state index < -0.39 is 0 Å². The number of fused-ring (bicyclic) bond motifs is 1. The lowest BCUT2D eigenvalue weighted by Gasteiger charge is -2.43. The van der Waals surface area contributed by atoms with Crippen molar-refractivity contribution < 1.29 is 4.74 Å². The second-order valence-electron chi connectivity index (χ2n) is 5.66. The van der Waals surface area contributed by atoms with E-state index in [-0.39, 0.29) is 0 Å². The Morgan fingerprint density at radius 2 is 2.25 bits per heavy atom. The monoisotopic (exact) mass is 296 g/mol. The van der Waals surface area contributed by atoms with Crippen molar-refractivity contribution in [3.05, 3.63) is 5.01 Å². The van der Waals surface area contributed by atoms with Crippen molar-refractivity contribution in [2.45, 2.75) is 57.7 Å². The Kier molecular flexibility index (Phi) is 4.86. The zero-order valence-electron chi connectivity index (χ0n) is 12.2. The van der Waals surface area contributed by atoms with Crippen LogP contribution in [0.25, 0.3) is 0 Å². The van der Waals surface area contributed by atoms with Crippen LogP contribution in [0.1, 0.15) is 44.0 Å². The maximum atomic E-state index is 5.92. The van der Waals surface area contributed by atoms with Gasteiger partial charge in [-0.15, -0.1) is 10.2 Å². The third-order valence-corrected chi connectivity index (χ3v) is 5.04. The van der Waals surface area contributed by atoms with Crippen LogP contribution in [0.15, 0.2) is 0 Å². The molecule has 1 aromatic heterocycles. The van der Waals surface area contributed by atoms with Crippen molar-refractivity contribution in [2.24, 2.45) is 0 Å². The Hall–Kier alpha value is -0.720. The highest BCUT2D eigenvalue weighted by molar-refractivity contribution is 7.15. The van der Waals surface area contributed by atoms with E-state index >= 15 is 0 Å². The topological polar surface area (TPSA) is 50.3 Å². The molecule has 112 valence electrons. The number of morpholine rings is 1. The van der Waals surface area contributed by atoms with Gasteiger partial charge in [0.05, 0.1) is 19.3 Å². The van der Waals surface area contributed by atoms with Crippen LogP contribution in [-0.4, -0.2) is 46.9 Å². The Labute approximate surface area is 124 Å². The molecule has 0 amide bonds. The van der Waals surface area contributed by atoms with E-state index in [9.17, 15) is 0 Å². The largest absolute Gasteiger partial charge is 0.375 e. The summed E-state index contributed by atoms with van der Waals surface area (Å²) in [5.41, 5.74) is 0. The van der Waals surface area contributed by atoms with E-state index in [2.05, 4.69) is 27.3 Å². The number of hydrogen-bond acceptors (Lipinski definition) is 6. The molecule has 1 saturated carbocycles. The second kappa shape index (κ2) is 6.83. The zero-order chi connectivity index (χ0) is 13.8. The van der Waals surface area contributed by atoms with E-state index in [1.54, 1.807) is 11.3 Å². The van der Waals surface area contributed by atoms with Crippen molar-refractivity contribution >= 4 is 16.5 Å². The normalized spacial score (nSPS) is 27.2. The van der Waals surface area contributed by atoms with Gasteiger partial charge in [-0.2, -0.15) is 0 Å². The predicted molar refractivity (Wildman–Crippen MR) is 81.1 cm³/mol. The molecule has 1 saturated heterocycles. The molecule has 2 unspecified atom stereocenters. The molecule has 20 heavy (non-hydrogen) atoms. The average molecular weight is 296 g/mol. The van der Waals surface area contributed by atoms with E-state index in [0.717, 1.165) is 42.8 Å². The first-order chi connectivity index (χ1) is 9.86. The number of hydrogen-bond donors (Lipinski definition) is 1. The summed E-state index contributed by atoms with van der Waals surface area (Å²) in [7, 11) is 0. The highest BCUT2D eigenvalue weighted by Gasteiger charge is 2.34. The van der Waals surface area contributed by atoms with E-state index in [1.165, 1.54) is 25.7 Å². The lowest BCUT2D eigenvalue weighted by Crippen LogP contribution is -2.52. The molecule has 1 aromatic rings. The number of nitrogens with one attached hydrogen (secondary N) is 1. The van der Waals surface area contributed by atoms with Crippen LogP contribution in [-0.2, 0) is 11.3 Å². The molecule has 1 aliphatic carbocycles. The summed E-state index contributed by atoms with van der Waals surface area (Å²) in [6.45, 7) is 5.94. The van der Waals surface area contributed by atoms with Crippen LogP contribution < -0.4 is 5.32 Å². The van der Waals surface area contributed by atoms with Crippen LogP contribution in [0.3, 0.4) is 0 Å². The molecular formula is C14H24N4OS. The molecule has 1 N–H and O–H groups in total. The zero-order valence-corrected chi connectivity index (χ0v) is 13.0. The minimum Gasteiger partial charge on any atom is -0.375 e. The quantitative estimate of drug-likeness (QED) is 0.905. The number of anilines is 1. The third kappa shape index (κ3) is 3.30. The Bertz CT molecular complexity index is 423. The molecule has 3 rings (SSSR count). The smallest absolute Gasteiger partial charge is 0.205 e. The summed E-state index contributed by atoms with van der Waals surface area (Å²) in [6.07, 6.45) is 6.70. The summed E-state index contributed by atoms with van der Waals surface area (Å²) in [6, 6.07) is 0.591. The minimum atomic E-state index is 0.447. The molecule has 2 fully saturated rings. The van der Waals surface area contributed by atoms with Gasteiger partial charge in [-0.1, -0.05) is 31.1 Å². The molecule has 2 aliphatic rings. The van der Waals surface area contributed by atoms with Crippen LogP contribution in [0.4, 0.5) is 5.13 Å². The molecule has 0 aromatic carbocycles. The van der Waals surface area contributed by atoms with Crippen LogP contribution >= 0.6 is 11.3 Å². The van der Waals surface area contributed by atoms with Crippen molar-refractivity contribution in [1.29, 1.82) is 0 Å². The minimum absolute atomic E-state index is 0.447. The predicted octanol–water partition coefficient (Wildman–Crippen LogP) is 2.50. The molecule has 0 bridgehead atoms. The fourth-order valence-corrected chi connectivity index (χ4v) is 3.96. The van der Waals surface area contributed by atoms with Crippen molar-refractivity contribution in [2.75, 3.05) is 25.0 Å². The first-order valence-electron chi connectivity index (χ1n) is 7.78. The molecular weight excluding hydrogens is 272 g/mol. The van der Waals surface area contributed by atoms with Gasteiger partial charge in [0.15, 0.2) is 0 Å². The van der Waals surface area contributed by atoms with Gasteiger partial charge in [-0.25, -0.2) is 0 Å². The first-order valence-corrected chi connectivity index (χ1v) is 8.60. The molecule has 6 heteroatoms. The number of ether oxygens (including phenoxy) is 1. The van der Waals surface area contributed by atoms with Crippen LogP contribution in [0.5, 0.6) is 0 Å². The summed E-state index contributed by atoms with van der Waals surface area (Å²) in [4.78, 5) is 2.55. The van der Waals surface area contributed by atoms with Crippen molar-refractivity contribution in [3.8, 4) is 0 Å². The van der Waals surface area contributed by atoms with Crippen molar-refractivity contribution in [3.63, 3.8) is 0 Å². The van der Waals surface area contributed by atoms with Crippen molar-refractivity contribution in [1.82, 2.24) is 15.1 Å². The Morgan fingerprint density at radius 1 is 1.35 bits per heavy atom. The molecule has 5 nitrogen and oxygen atoms in total. The van der Waals surface area contributed by atoms with E-state index in [1.807, 2.05) is 0 Å². The number of aromatic nitrogens is 2. The standard InChI is InChI=1S/C14H24N4OS/c1-2-7-15-14-17-16-13(20-14)10-18-8-9-19-12-6-4-3-5-11(12)18/h11-12H,2-10H2,1H3,(H,15,17). The third-order valence-electron chi connectivity index (χ3n) is 4.18. The second-order valence-corrected chi connectivity index (χ2v) is 6.72. The van der Waals surface area contributed by atoms with E-state index in [4.69, 9.17) is 4.74 Å². The maximum absolute atomic E-state index is 5.92. The van der Waals surface area contributed by atoms with Gasteiger partial charge in [0.25, 0.3) is 0 Å². The number of rotatable bonds is 5. The molecule has 1 aliphatic heterocycles.